The molecule has 0 aromatic heterocycles. The second-order valence-electron chi connectivity index (χ2n) is 2.50. The quantitative estimate of drug-likeness (QED) is 0.714. The van der Waals surface area contributed by atoms with Crippen LogP contribution in [0.1, 0.15) is 6.92 Å². The summed E-state index contributed by atoms with van der Waals surface area (Å²) in [7, 11) is -3.07. The van der Waals surface area contributed by atoms with E-state index in [1.165, 1.54) is 0 Å². The molecule has 65 valence electrons. The minimum atomic E-state index is -3.07. The lowest BCUT2D eigenvalue weighted by Gasteiger charge is -2.00. The van der Waals surface area contributed by atoms with Crippen LogP contribution in [0, 0.1) is 6.42 Å². The highest BCUT2D eigenvalue weighted by Gasteiger charge is 2.11. The predicted molar refractivity (Wildman–Crippen MR) is 48.5 cm³/mol. The van der Waals surface area contributed by atoms with Crippen LogP contribution in [0.15, 0.2) is 35.2 Å². The van der Waals surface area contributed by atoms with Crippen LogP contribution in [0.3, 0.4) is 0 Å². The Labute approximate surface area is 73.2 Å². The summed E-state index contributed by atoms with van der Waals surface area (Å²) in [6.45, 7) is 1.74. The highest BCUT2D eigenvalue weighted by Crippen LogP contribution is 2.09. The first kappa shape index (κ1) is 9.26. The Balaban J connectivity index is 2.99. The molecule has 0 saturated carbocycles. The van der Waals surface area contributed by atoms with Crippen LogP contribution in [-0.4, -0.2) is 14.2 Å². The van der Waals surface area contributed by atoms with Crippen LogP contribution in [0.2, 0.25) is 0 Å². The molecule has 0 bridgehead atoms. The maximum absolute atomic E-state index is 11.4. The Morgan fingerprint density at radius 1 is 1.25 bits per heavy atom. The Morgan fingerprint density at radius 3 is 2.33 bits per heavy atom. The summed E-state index contributed by atoms with van der Waals surface area (Å²) in [6, 6.07) is 8.47. The maximum Gasteiger partial charge on any atom is 0.178 e. The molecule has 1 rings (SSSR count). The molecule has 0 saturated heterocycles. The third-order valence-corrected chi connectivity index (χ3v) is 3.25. The van der Waals surface area contributed by atoms with Crippen molar-refractivity contribution in [3.63, 3.8) is 0 Å². The zero-order valence-electron chi connectivity index (χ0n) is 6.90. The maximum atomic E-state index is 11.4. The lowest BCUT2D eigenvalue weighted by molar-refractivity contribution is 0.598. The van der Waals surface area contributed by atoms with Gasteiger partial charge in [-0.1, -0.05) is 25.1 Å². The second-order valence-corrected chi connectivity index (χ2v) is 4.54. The first-order chi connectivity index (χ1) is 5.67. The second kappa shape index (κ2) is 3.72. The predicted octanol–water partition coefficient (Wildman–Crippen LogP) is 1.68. The van der Waals surface area contributed by atoms with Crippen molar-refractivity contribution in [3.8, 4) is 0 Å². The third kappa shape index (κ3) is 2.08. The van der Waals surface area contributed by atoms with Crippen molar-refractivity contribution >= 4 is 9.84 Å². The molecular formula is C9H11O2S. The fourth-order valence-electron chi connectivity index (χ4n) is 0.943. The van der Waals surface area contributed by atoms with Gasteiger partial charge in [0, 0.05) is 0 Å². The van der Waals surface area contributed by atoms with Crippen LogP contribution in [0.25, 0.3) is 0 Å². The van der Waals surface area contributed by atoms with Crippen molar-refractivity contribution in [3.05, 3.63) is 36.8 Å². The first-order valence-electron chi connectivity index (χ1n) is 3.72. The van der Waals surface area contributed by atoms with E-state index in [1.807, 2.05) is 0 Å². The van der Waals surface area contributed by atoms with Gasteiger partial charge in [0.1, 0.15) is 0 Å². The summed E-state index contributed by atoms with van der Waals surface area (Å²) in [5, 5.41) is 0. The fourth-order valence-corrected chi connectivity index (χ4v) is 2.15. The normalized spacial score (nSPS) is 11.4. The SMILES string of the molecule is C[CH]CS(=O)(=O)c1ccccc1. The molecule has 12 heavy (non-hydrogen) atoms. The van der Waals surface area contributed by atoms with Gasteiger partial charge in [-0.15, -0.1) is 0 Å². The van der Waals surface area contributed by atoms with E-state index in [4.69, 9.17) is 0 Å². The Hall–Kier alpha value is -0.830. The number of sulfone groups is 1. The van der Waals surface area contributed by atoms with Gasteiger partial charge in [0.2, 0.25) is 0 Å². The molecule has 2 nitrogen and oxygen atoms in total. The standard InChI is InChI=1S/C9H11O2S/c1-2-8-12(10,11)9-6-4-3-5-7-9/h2-7H,8H2,1H3. The van der Waals surface area contributed by atoms with E-state index >= 15 is 0 Å². The molecule has 1 aromatic carbocycles. The molecule has 1 aromatic rings. The van der Waals surface area contributed by atoms with E-state index in [-0.39, 0.29) is 5.75 Å². The molecule has 0 heterocycles. The van der Waals surface area contributed by atoms with Gasteiger partial charge in [-0.25, -0.2) is 8.42 Å². The van der Waals surface area contributed by atoms with Gasteiger partial charge in [0.05, 0.1) is 10.6 Å². The lowest BCUT2D eigenvalue weighted by atomic mass is 10.4. The van der Waals surface area contributed by atoms with E-state index in [0.29, 0.717) is 4.90 Å². The molecule has 0 unspecified atom stereocenters. The summed E-state index contributed by atoms with van der Waals surface area (Å²) >= 11 is 0. The van der Waals surface area contributed by atoms with Gasteiger partial charge in [-0.05, 0) is 18.6 Å². The largest absolute Gasteiger partial charge is 0.224 e. The molecule has 0 aliphatic rings. The molecule has 1 radical (unpaired) electrons. The van der Waals surface area contributed by atoms with E-state index in [1.54, 1.807) is 43.7 Å². The molecule has 3 heteroatoms. The van der Waals surface area contributed by atoms with Crippen LogP contribution in [0.5, 0.6) is 0 Å². The molecule has 0 aliphatic carbocycles. The zero-order chi connectivity index (χ0) is 9.03. The first-order valence-corrected chi connectivity index (χ1v) is 5.37. The van der Waals surface area contributed by atoms with Crippen LogP contribution >= 0.6 is 0 Å². The Kier molecular flexibility index (Phi) is 2.87. The van der Waals surface area contributed by atoms with Gasteiger partial charge < -0.3 is 0 Å². The highest BCUT2D eigenvalue weighted by molar-refractivity contribution is 7.91. The van der Waals surface area contributed by atoms with Crippen molar-refractivity contribution in [1.29, 1.82) is 0 Å². The van der Waals surface area contributed by atoms with Gasteiger partial charge in [-0.3, -0.25) is 0 Å². The van der Waals surface area contributed by atoms with Gasteiger partial charge >= 0.3 is 0 Å². The average molecular weight is 183 g/mol. The van der Waals surface area contributed by atoms with E-state index < -0.39 is 9.84 Å². The van der Waals surface area contributed by atoms with Crippen molar-refractivity contribution < 1.29 is 8.42 Å². The number of hydrogen-bond acceptors (Lipinski definition) is 2. The molecule has 0 atom stereocenters. The monoisotopic (exact) mass is 183 g/mol. The minimum absolute atomic E-state index is 0.108. The number of hydrogen-bond donors (Lipinski definition) is 0. The highest BCUT2D eigenvalue weighted by atomic mass is 32.2. The summed E-state index contributed by atoms with van der Waals surface area (Å²) in [4.78, 5) is 0.392. The van der Waals surface area contributed by atoms with Crippen LogP contribution < -0.4 is 0 Å². The van der Waals surface area contributed by atoms with Crippen LogP contribution in [-0.2, 0) is 9.84 Å². The van der Waals surface area contributed by atoms with E-state index in [2.05, 4.69) is 0 Å². The molecular weight excluding hydrogens is 172 g/mol. The fraction of sp³-hybridized carbons (Fsp3) is 0.222. The molecule has 0 aliphatic heterocycles. The zero-order valence-corrected chi connectivity index (χ0v) is 7.71. The lowest BCUT2D eigenvalue weighted by Crippen LogP contribution is -2.05. The number of rotatable bonds is 3. The summed E-state index contributed by atoms with van der Waals surface area (Å²) < 4.78 is 22.8. The number of benzene rings is 1. The third-order valence-electron chi connectivity index (χ3n) is 1.49. The van der Waals surface area contributed by atoms with Gasteiger partial charge in [-0.2, -0.15) is 0 Å². The summed E-state index contributed by atoms with van der Waals surface area (Å²) in [5.74, 6) is 0.108. The topological polar surface area (TPSA) is 34.1 Å². The summed E-state index contributed by atoms with van der Waals surface area (Å²) in [6.07, 6.45) is 1.64. The van der Waals surface area contributed by atoms with Crippen molar-refractivity contribution in [2.24, 2.45) is 0 Å². The van der Waals surface area contributed by atoms with E-state index in [0.717, 1.165) is 0 Å². The van der Waals surface area contributed by atoms with E-state index in [9.17, 15) is 8.42 Å². The van der Waals surface area contributed by atoms with Crippen molar-refractivity contribution in [2.45, 2.75) is 11.8 Å². The molecule has 0 spiro atoms. The van der Waals surface area contributed by atoms with Crippen LogP contribution in [0.4, 0.5) is 0 Å². The summed E-state index contributed by atoms with van der Waals surface area (Å²) in [5.41, 5.74) is 0. The Morgan fingerprint density at radius 2 is 1.83 bits per heavy atom. The Bertz CT molecular complexity index is 327. The average Bonchev–Trinajstić information content (AvgIpc) is 2.06. The van der Waals surface area contributed by atoms with Gasteiger partial charge in [0.15, 0.2) is 9.84 Å². The van der Waals surface area contributed by atoms with Crippen molar-refractivity contribution in [2.75, 3.05) is 5.75 Å². The molecule has 0 amide bonds. The van der Waals surface area contributed by atoms with Crippen molar-refractivity contribution in [1.82, 2.24) is 0 Å². The smallest absolute Gasteiger partial charge is 0.178 e. The van der Waals surface area contributed by atoms with Gasteiger partial charge in [0.25, 0.3) is 0 Å². The minimum Gasteiger partial charge on any atom is -0.224 e. The molecule has 0 N–H and O–H groups in total. The molecule has 0 fully saturated rings.